The fourth-order valence-corrected chi connectivity index (χ4v) is 7.82. The zero-order chi connectivity index (χ0) is 41.4. The molecule has 0 aromatic carbocycles. The van der Waals surface area contributed by atoms with Gasteiger partial charge < -0.3 is 35.6 Å². The van der Waals surface area contributed by atoms with Gasteiger partial charge in [0.2, 0.25) is 41.4 Å². The Morgan fingerprint density at radius 2 is 0.907 bits per heavy atom. The molecule has 1 saturated heterocycles. The molecule has 1 aliphatic heterocycles. The van der Waals surface area contributed by atoms with Crippen molar-refractivity contribution >= 4 is 41.4 Å². The van der Waals surface area contributed by atoms with E-state index in [2.05, 4.69) is 22.5 Å². The Bertz CT molecular complexity index is 1480. The fraction of sp³-hybridized carbons (Fsp3) is 0.775. The van der Waals surface area contributed by atoms with Gasteiger partial charge in [0.25, 0.3) is 0 Å². The van der Waals surface area contributed by atoms with Crippen LogP contribution in [-0.2, 0) is 33.6 Å². The van der Waals surface area contributed by atoms with Gasteiger partial charge in [-0.1, -0.05) is 62.0 Å². The van der Waals surface area contributed by atoms with E-state index in [-0.39, 0.29) is 47.3 Å². The van der Waals surface area contributed by atoms with Crippen molar-refractivity contribution in [3.05, 3.63) is 12.2 Å². The third kappa shape index (κ3) is 9.10. The molecule has 0 aromatic heterocycles. The minimum atomic E-state index is -1.23. The van der Waals surface area contributed by atoms with Crippen LogP contribution in [0.4, 0.5) is 0 Å². The predicted molar refractivity (Wildman–Crippen MR) is 206 cm³/mol. The van der Waals surface area contributed by atoms with Gasteiger partial charge in [0.05, 0.1) is 0 Å². The molecular formula is C40H67N7O7. The van der Waals surface area contributed by atoms with E-state index in [1.54, 1.807) is 13.8 Å². The number of likely N-dealkylation sites (N-methyl/N-ethyl adjacent to an activating group) is 4. The van der Waals surface area contributed by atoms with Gasteiger partial charge >= 0.3 is 0 Å². The lowest BCUT2D eigenvalue weighted by Gasteiger charge is -2.36. The fourth-order valence-electron chi connectivity index (χ4n) is 7.82. The molecule has 2 saturated carbocycles. The summed E-state index contributed by atoms with van der Waals surface area (Å²) < 4.78 is 0. The molecule has 0 bridgehead atoms. The maximum atomic E-state index is 14.3. The molecule has 0 spiro atoms. The molecule has 14 heteroatoms. The van der Waals surface area contributed by atoms with Gasteiger partial charge in [-0.15, -0.1) is 0 Å². The number of amides is 7. The maximum absolute atomic E-state index is 14.3. The van der Waals surface area contributed by atoms with E-state index >= 15 is 0 Å². The molecule has 11 atom stereocenters. The van der Waals surface area contributed by atoms with E-state index in [9.17, 15) is 33.6 Å². The lowest BCUT2D eigenvalue weighted by atomic mass is 9.95. The Morgan fingerprint density at radius 1 is 0.537 bits per heavy atom. The smallest absolute Gasteiger partial charge is 0.247 e. The molecule has 2 aliphatic carbocycles. The van der Waals surface area contributed by atoms with E-state index in [4.69, 9.17) is 0 Å². The van der Waals surface area contributed by atoms with Crippen LogP contribution in [0.3, 0.4) is 0 Å². The standard InChI is InChI=1S/C40H67N7O7/c1-18(2)17-28-35(49)42-32(29-21(6)22(29)7)39(53)45(14)26(11)37(51)44(13)25(10)34(48)41-31(20(5)19(3)4)36(50)43-33(30-23(8)24(30)9)40(54)46(15)27(12)38(52)47(28)16/h18-19,21-33H,5,17H2,1-4,6-16H3,(H,41,48)(H,42,49)(H,43,50)/t21-,22-,23-,24-,25+,26-,27-,28-,31+,32-,33+/m0/s1. The predicted octanol–water partition coefficient (Wildman–Crippen LogP) is 1.88. The van der Waals surface area contributed by atoms with Crippen LogP contribution in [0, 0.1) is 47.3 Å². The molecule has 0 unspecified atom stereocenters. The lowest BCUT2D eigenvalue weighted by molar-refractivity contribution is -0.150. The summed E-state index contributed by atoms with van der Waals surface area (Å²) in [6.07, 6.45) is 0.292. The average molecular weight is 758 g/mol. The minimum Gasteiger partial charge on any atom is -0.342 e. The van der Waals surface area contributed by atoms with Crippen LogP contribution in [0.25, 0.3) is 0 Å². The lowest BCUT2D eigenvalue weighted by Crippen LogP contribution is -2.60. The summed E-state index contributed by atoms with van der Waals surface area (Å²) in [7, 11) is 5.98. The van der Waals surface area contributed by atoms with Crippen molar-refractivity contribution in [2.75, 3.05) is 28.2 Å². The van der Waals surface area contributed by atoms with E-state index < -0.39 is 83.6 Å². The molecule has 0 radical (unpaired) electrons. The Morgan fingerprint density at radius 3 is 1.28 bits per heavy atom. The van der Waals surface area contributed by atoms with E-state index in [1.807, 2.05) is 55.4 Å². The van der Waals surface area contributed by atoms with Crippen LogP contribution < -0.4 is 16.0 Å². The van der Waals surface area contributed by atoms with Crippen LogP contribution in [0.15, 0.2) is 12.2 Å². The van der Waals surface area contributed by atoms with Crippen LogP contribution in [0.2, 0.25) is 0 Å². The highest BCUT2D eigenvalue weighted by Crippen LogP contribution is 2.49. The van der Waals surface area contributed by atoms with Gasteiger partial charge in [-0.3, -0.25) is 33.6 Å². The highest BCUT2D eigenvalue weighted by molar-refractivity contribution is 5.99. The summed E-state index contributed by atoms with van der Waals surface area (Å²) in [5.74, 6) is -3.92. The molecule has 7 amide bonds. The Hall–Kier alpha value is -3.97. The summed E-state index contributed by atoms with van der Waals surface area (Å²) in [5, 5.41) is 8.65. The van der Waals surface area contributed by atoms with Crippen molar-refractivity contribution in [3.8, 4) is 0 Å². The number of carbonyl (C=O) groups is 7. The van der Waals surface area contributed by atoms with Crippen molar-refractivity contribution in [2.24, 2.45) is 47.3 Å². The Kier molecular flexibility index (Phi) is 14.2. The van der Waals surface area contributed by atoms with Gasteiger partial charge in [-0.25, -0.2) is 0 Å². The normalized spacial score (nSPS) is 36.9. The number of nitrogens with zero attached hydrogens (tertiary/aromatic N) is 4. The molecule has 3 aliphatic rings. The highest BCUT2D eigenvalue weighted by atomic mass is 16.2. The molecular weight excluding hydrogens is 690 g/mol. The zero-order valence-corrected chi connectivity index (χ0v) is 35.2. The van der Waals surface area contributed by atoms with E-state index in [1.165, 1.54) is 54.7 Å². The molecule has 0 aromatic rings. The number of hydrogen-bond donors (Lipinski definition) is 3. The van der Waals surface area contributed by atoms with Crippen LogP contribution in [-0.4, -0.2) is 131 Å². The largest absolute Gasteiger partial charge is 0.342 e. The zero-order valence-electron chi connectivity index (χ0n) is 35.2. The topological polar surface area (TPSA) is 169 Å². The second-order valence-corrected chi connectivity index (χ2v) is 17.2. The number of rotatable bonds is 6. The van der Waals surface area contributed by atoms with Gasteiger partial charge in [0.15, 0.2) is 0 Å². The summed E-state index contributed by atoms with van der Waals surface area (Å²) >= 11 is 0. The average Bonchev–Trinajstić information content (AvgIpc) is 3.95. The van der Waals surface area contributed by atoms with Crippen LogP contribution in [0.5, 0.6) is 0 Å². The first kappa shape index (κ1) is 44.4. The third-order valence-corrected chi connectivity index (χ3v) is 13.1. The molecule has 3 rings (SSSR count). The van der Waals surface area contributed by atoms with Gasteiger partial charge in [0, 0.05) is 28.2 Å². The quantitative estimate of drug-likeness (QED) is 0.348. The second-order valence-electron chi connectivity index (χ2n) is 17.2. The molecule has 3 fully saturated rings. The van der Waals surface area contributed by atoms with Crippen LogP contribution in [0.1, 0.15) is 82.6 Å². The van der Waals surface area contributed by atoms with Gasteiger partial charge in [-0.2, -0.15) is 0 Å². The van der Waals surface area contributed by atoms with E-state index in [0.29, 0.717) is 12.0 Å². The Labute approximate surface area is 322 Å². The third-order valence-electron chi connectivity index (χ3n) is 13.1. The summed E-state index contributed by atoms with van der Waals surface area (Å²) in [6.45, 7) is 24.3. The van der Waals surface area contributed by atoms with Crippen molar-refractivity contribution in [3.63, 3.8) is 0 Å². The first-order chi connectivity index (χ1) is 24.9. The van der Waals surface area contributed by atoms with Gasteiger partial charge in [0.1, 0.15) is 42.3 Å². The van der Waals surface area contributed by atoms with E-state index in [0.717, 1.165) is 0 Å². The second kappa shape index (κ2) is 17.2. The molecule has 3 N–H and O–H groups in total. The van der Waals surface area contributed by atoms with Crippen molar-refractivity contribution in [1.82, 2.24) is 35.6 Å². The molecule has 304 valence electrons. The van der Waals surface area contributed by atoms with Crippen LogP contribution >= 0.6 is 0 Å². The van der Waals surface area contributed by atoms with Crippen molar-refractivity contribution < 1.29 is 33.6 Å². The molecule has 1 heterocycles. The summed E-state index contributed by atoms with van der Waals surface area (Å²) in [4.78, 5) is 104. The number of carbonyl (C=O) groups excluding carboxylic acids is 7. The summed E-state index contributed by atoms with van der Waals surface area (Å²) in [5.41, 5.74) is 0.406. The Balaban J connectivity index is 2.16. The summed E-state index contributed by atoms with van der Waals surface area (Å²) in [6, 6.07) is -7.26. The molecule has 54 heavy (non-hydrogen) atoms. The van der Waals surface area contributed by atoms with Crippen molar-refractivity contribution in [2.45, 2.75) is 125 Å². The minimum absolute atomic E-state index is 0.00629. The van der Waals surface area contributed by atoms with Crippen molar-refractivity contribution in [1.29, 1.82) is 0 Å². The van der Waals surface area contributed by atoms with Gasteiger partial charge in [-0.05, 0) is 80.1 Å². The number of hydrogen-bond acceptors (Lipinski definition) is 7. The SMILES string of the molecule is C=C(C(C)C)[C@H]1NC(=O)[C@@H](C)N(C)C(=O)[C@H](C)N(C)C(=O)[C@H](C2[C@@H](C)[C@@H]2C)NC(=O)[C@H](CC(C)C)N(C)C(=O)[C@H](C)N(C)C(=O)[C@@H](C2[C@@H](C)[C@@H]2C)NC1=O. The maximum Gasteiger partial charge on any atom is 0.247 e. The molecule has 14 nitrogen and oxygen atoms in total. The monoisotopic (exact) mass is 758 g/mol. The number of nitrogens with one attached hydrogen (secondary N) is 3. The first-order valence-corrected chi connectivity index (χ1v) is 19.5. The first-order valence-electron chi connectivity index (χ1n) is 19.5. The highest BCUT2D eigenvalue weighted by Gasteiger charge is 2.54.